The summed E-state index contributed by atoms with van der Waals surface area (Å²) in [6.07, 6.45) is 12.4. The van der Waals surface area contributed by atoms with Crippen LogP contribution in [0.15, 0.2) is 76.3 Å². The molecule has 0 aliphatic carbocycles. The Balaban J connectivity index is 1.98. The SMILES string of the molecule is C=C/C(C)=C\N1N=C(c2cc(C)c(/C=C(\N=CC)C3CCN(CC)CC3)c(F)c2)C=C(CC)C1=C. The molecule has 0 aromatic heterocycles. The van der Waals surface area contributed by atoms with Crippen LogP contribution in [-0.2, 0) is 0 Å². The first-order chi connectivity index (χ1) is 16.8. The van der Waals surface area contributed by atoms with Crippen LogP contribution in [0.5, 0.6) is 0 Å². The van der Waals surface area contributed by atoms with Crippen molar-refractivity contribution in [2.45, 2.75) is 53.9 Å². The van der Waals surface area contributed by atoms with Crippen LogP contribution in [0.1, 0.15) is 63.6 Å². The van der Waals surface area contributed by atoms with Gasteiger partial charge < -0.3 is 4.90 Å². The molecule has 2 aliphatic heterocycles. The van der Waals surface area contributed by atoms with Gasteiger partial charge >= 0.3 is 0 Å². The lowest BCUT2D eigenvalue weighted by Crippen LogP contribution is -2.33. The number of benzene rings is 1. The lowest BCUT2D eigenvalue weighted by molar-refractivity contribution is 0.208. The largest absolute Gasteiger partial charge is 0.304 e. The molecule has 0 atom stereocenters. The van der Waals surface area contributed by atoms with Gasteiger partial charge in [0.05, 0.1) is 11.4 Å². The fourth-order valence-electron chi connectivity index (χ4n) is 4.59. The predicted molar refractivity (Wildman–Crippen MR) is 148 cm³/mol. The number of rotatable bonds is 8. The minimum atomic E-state index is -0.252. The number of hydrogen-bond donors (Lipinski definition) is 0. The standard InChI is InChI=1S/C30H39FN4/c1-8-21(5)20-35-23(7)24(9-2)18-30(33-35)26-16-22(6)27(28(31)17-26)19-29(32-10-3)25-12-14-34(11-4)15-13-25/h8,10,16-20,25H,1,7,9,11-15H2,2-6H3/b21-20-,29-19-,32-10?. The molecule has 2 aliphatic rings. The van der Waals surface area contributed by atoms with Gasteiger partial charge in [-0.2, -0.15) is 5.10 Å². The van der Waals surface area contributed by atoms with Crippen LogP contribution in [0, 0.1) is 18.7 Å². The molecule has 0 N–H and O–H groups in total. The van der Waals surface area contributed by atoms with Crippen molar-refractivity contribution in [3.8, 4) is 0 Å². The third-order valence-electron chi connectivity index (χ3n) is 6.86. The summed E-state index contributed by atoms with van der Waals surface area (Å²) in [6, 6.07) is 3.60. The van der Waals surface area contributed by atoms with E-state index in [1.165, 1.54) is 0 Å². The number of halogens is 1. The molecule has 35 heavy (non-hydrogen) atoms. The molecule has 4 nitrogen and oxygen atoms in total. The number of hydrogen-bond acceptors (Lipinski definition) is 4. The highest BCUT2D eigenvalue weighted by atomic mass is 19.1. The maximum Gasteiger partial charge on any atom is 0.131 e. The fraction of sp³-hybridized carbons (Fsp3) is 0.400. The summed E-state index contributed by atoms with van der Waals surface area (Å²) in [5, 5.41) is 6.52. The van der Waals surface area contributed by atoms with Gasteiger partial charge in [0.25, 0.3) is 0 Å². The van der Waals surface area contributed by atoms with E-state index < -0.39 is 0 Å². The minimum Gasteiger partial charge on any atom is -0.304 e. The number of piperidine rings is 1. The summed E-state index contributed by atoms with van der Waals surface area (Å²) in [5.74, 6) is 0.0995. The average Bonchev–Trinajstić information content (AvgIpc) is 2.86. The van der Waals surface area contributed by atoms with E-state index in [2.05, 4.69) is 36.9 Å². The highest BCUT2D eigenvalue weighted by Crippen LogP contribution is 2.30. The number of allylic oxidation sites excluding steroid dienone is 5. The summed E-state index contributed by atoms with van der Waals surface area (Å²) in [6.45, 7) is 21.3. The van der Waals surface area contributed by atoms with Gasteiger partial charge in [0.2, 0.25) is 0 Å². The molecule has 5 heteroatoms. The van der Waals surface area contributed by atoms with Crippen molar-refractivity contribution in [1.29, 1.82) is 0 Å². The molecule has 1 fully saturated rings. The van der Waals surface area contributed by atoms with Gasteiger partial charge in [-0.1, -0.05) is 33.1 Å². The topological polar surface area (TPSA) is 31.2 Å². The van der Waals surface area contributed by atoms with Crippen LogP contribution in [0.4, 0.5) is 4.39 Å². The van der Waals surface area contributed by atoms with E-state index >= 15 is 4.39 Å². The lowest BCUT2D eigenvalue weighted by atomic mass is 9.91. The number of likely N-dealkylation sites (tertiary alicyclic amines) is 1. The highest BCUT2D eigenvalue weighted by molar-refractivity contribution is 6.10. The Morgan fingerprint density at radius 3 is 2.54 bits per heavy atom. The first kappa shape index (κ1) is 26.6. The molecule has 0 bridgehead atoms. The van der Waals surface area contributed by atoms with E-state index in [0.717, 1.165) is 78.3 Å². The van der Waals surface area contributed by atoms with Gasteiger partial charge in [0.15, 0.2) is 0 Å². The van der Waals surface area contributed by atoms with Gasteiger partial charge in [-0.25, -0.2) is 9.40 Å². The minimum absolute atomic E-state index is 0.252. The van der Waals surface area contributed by atoms with Crippen LogP contribution in [-0.4, -0.2) is 41.5 Å². The Morgan fingerprint density at radius 1 is 1.26 bits per heavy atom. The van der Waals surface area contributed by atoms with Gasteiger partial charge in [0.1, 0.15) is 5.82 Å². The molecule has 186 valence electrons. The maximum atomic E-state index is 15.5. The molecule has 0 spiro atoms. The van der Waals surface area contributed by atoms with Crippen molar-refractivity contribution in [3.63, 3.8) is 0 Å². The molecule has 0 saturated carbocycles. The number of aliphatic imine (C=N–C) groups is 1. The van der Waals surface area contributed by atoms with E-state index in [0.29, 0.717) is 11.5 Å². The quantitative estimate of drug-likeness (QED) is 0.293. The Bertz CT molecular complexity index is 1090. The Morgan fingerprint density at radius 2 is 1.97 bits per heavy atom. The van der Waals surface area contributed by atoms with E-state index in [9.17, 15) is 0 Å². The van der Waals surface area contributed by atoms with Crippen molar-refractivity contribution in [1.82, 2.24) is 9.91 Å². The zero-order chi connectivity index (χ0) is 25.5. The smallest absolute Gasteiger partial charge is 0.131 e. The Labute approximate surface area is 210 Å². The van der Waals surface area contributed by atoms with Gasteiger partial charge in [-0.15, -0.1) is 0 Å². The first-order valence-corrected chi connectivity index (χ1v) is 12.6. The number of nitrogens with zero attached hydrogens (tertiary/aromatic N) is 4. The second-order valence-corrected chi connectivity index (χ2v) is 9.23. The predicted octanol–water partition coefficient (Wildman–Crippen LogP) is 7.26. The summed E-state index contributed by atoms with van der Waals surface area (Å²) in [7, 11) is 0. The molecule has 1 aromatic rings. The molecule has 2 heterocycles. The van der Waals surface area contributed by atoms with E-state index in [1.54, 1.807) is 17.2 Å². The third-order valence-corrected chi connectivity index (χ3v) is 6.86. The van der Waals surface area contributed by atoms with Crippen LogP contribution >= 0.6 is 0 Å². The molecular weight excluding hydrogens is 435 g/mol. The van der Waals surface area contributed by atoms with Crippen LogP contribution < -0.4 is 0 Å². The molecule has 0 unspecified atom stereocenters. The van der Waals surface area contributed by atoms with Gasteiger partial charge in [-0.05, 0) is 101 Å². The Hall–Kier alpha value is -3.05. The van der Waals surface area contributed by atoms with Crippen molar-refractivity contribution in [2.75, 3.05) is 19.6 Å². The third kappa shape index (κ3) is 6.34. The summed E-state index contributed by atoms with van der Waals surface area (Å²) in [4.78, 5) is 7.11. The molecule has 0 radical (unpaired) electrons. The second kappa shape index (κ2) is 12.1. The monoisotopic (exact) mass is 474 g/mol. The van der Waals surface area contributed by atoms with Crippen molar-refractivity contribution in [3.05, 3.63) is 88.7 Å². The molecular formula is C30H39FN4. The van der Waals surface area contributed by atoms with E-state index in [4.69, 9.17) is 5.10 Å². The molecule has 3 rings (SSSR count). The number of aryl methyl sites for hydroxylation is 1. The van der Waals surface area contributed by atoms with Crippen LogP contribution in [0.3, 0.4) is 0 Å². The summed E-state index contributed by atoms with van der Waals surface area (Å²) in [5.41, 5.74) is 6.79. The van der Waals surface area contributed by atoms with Crippen LogP contribution in [0.2, 0.25) is 0 Å². The second-order valence-electron chi connectivity index (χ2n) is 9.23. The average molecular weight is 475 g/mol. The highest BCUT2D eigenvalue weighted by Gasteiger charge is 2.23. The zero-order valence-electron chi connectivity index (χ0n) is 21.9. The maximum absolute atomic E-state index is 15.5. The first-order valence-electron chi connectivity index (χ1n) is 12.6. The van der Waals surface area contributed by atoms with E-state index in [1.807, 2.05) is 51.4 Å². The van der Waals surface area contributed by atoms with E-state index in [-0.39, 0.29) is 5.82 Å². The summed E-state index contributed by atoms with van der Waals surface area (Å²) < 4.78 is 15.5. The normalized spacial score (nSPS) is 18.8. The van der Waals surface area contributed by atoms with Gasteiger partial charge in [0, 0.05) is 35.2 Å². The molecule has 1 aromatic carbocycles. The lowest BCUT2D eigenvalue weighted by Gasteiger charge is -2.31. The number of hydrazone groups is 1. The van der Waals surface area contributed by atoms with Crippen LogP contribution in [0.25, 0.3) is 6.08 Å². The molecule has 0 amide bonds. The van der Waals surface area contributed by atoms with Crippen molar-refractivity contribution in [2.24, 2.45) is 16.0 Å². The molecule has 1 saturated heterocycles. The summed E-state index contributed by atoms with van der Waals surface area (Å²) >= 11 is 0. The van der Waals surface area contributed by atoms with Crippen molar-refractivity contribution < 1.29 is 4.39 Å². The Kier molecular flexibility index (Phi) is 9.16. The zero-order valence-corrected chi connectivity index (χ0v) is 21.9. The fourth-order valence-corrected chi connectivity index (χ4v) is 4.59. The van der Waals surface area contributed by atoms with Crippen molar-refractivity contribution >= 4 is 18.0 Å². The van der Waals surface area contributed by atoms with Gasteiger partial charge in [-0.3, -0.25) is 4.99 Å².